The third-order valence-electron chi connectivity index (χ3n) is 3.91. The molecule has 124 valence electrons. The normalized spacial score (nSPS) is 12.2. The molecule has 0 unspecified atom stereocenters. The average molecular weight is 325 g/mol. The first-order chi connectivity index (χ1) is 11.5. The van der Waals surface area contributed by atoms with Gasteiger partial charge in [0.2, 0.25) is 5.78 Å². The highest BCUT2D eigenvalue weighted by molar-refractivity contribution is 6.10. The minimum atomic E-state index is -0.814. The average Bonchev–Trinajstić information content (AvgIpc) is 3.18. The number of aromatic amines is 1. The van der Waals surface area contributed by atoms with Gasteiger partial charge in [0.1, 0.15) is 0 Å². The van der Waals surface area contributed by atoms with E-state index < -0.39 is 6.10 Å². The van der Waals surface area contributed by atoms with Gasteiger partial charge in [0.25, 0.3) is 0 Å². The third kappa shape index (κ3) is 3.37. The number of para-hydroxylation sites is 1. The van der Waals surface area contributed by atoms with Gasteiger partial charge >= 0.3 is 5.97 Å². The minimum absolute atomic E-state index is 0.206. The van der Waals surface area contributed by atoms with E-state index in [0.717, 1.165) is 16.5 Å². The Morgan fingerprint density at radius 2 is 2.12 bits per heavy atom. The molecule has 0 aliphatic rings. The van der Waals surface area contributed by atoms with Crippen molar-refractivity contribution < 1.29 is 14.3 Å². The summed E-state index contributed by atoms with van der Waals surface area (Å²) < 4.78 is 6.97. The Morgan fingerprint density at radius 3 is 2.88 bits per heavy atom. The molecular formula is C18H19N3O3. The summed E-state index contributed by atoms with van der Waals surface area (Å²) >= 11 is 0. The number of carbonyl (C=O) groups is 2. The number of hydrogen-bond donors (Lipinski definition) is 1. The van der Waals surface area contributed by atoms with Crippen molar-refractivity contribution in [1.29, 1.82) is 0 Å². The first-order valence-electron chi connectivity index (χ1n) is 7.82. The molecule has 3 aromatic rings. The number of ether oxygens (including phenoxy) is 1. The second kappa shape index (κ2) is 6.70. The van der Waals surface area contributed by atoms with E-state index in [1.54, 1.807) is 24.0 Å². The Balaban J connectivity index is 1.60. The fourth-order valence-corrected chi connectivity index (χ4v) is 2.65. The second-order valence-corrected chi connectivity index (χ2v) is 5.77. The van der Waals surface area contributed by atoms with Crippen molar-refractivity contribution in [2.24, 2.45) is 7.05 Å². The number of aromatic nitrogens is 3. The van der Waals surface area contributed by atoms with Crippen LogP contribution in [0.4, 0.5) is 0 Å². The Morgan fingerprint density at radius 1 is 1.33 bits per heavy atom. The number of aryl methyl sites for hydroxylation is 2. The van der Waals surface area contributed by atoms with Gasteiger partial charge in [-0.15, -0.1) is 0 Å². The zero-order chi connectivity index (χ0) is 17.1. The summed E-state index contributed by atoms with van der Waals surface area (Å²) in [5.74, 6) is -0.596. The summed E-state index contributed by atoms with van der Waals surface area (Å²) in [6, 6.07) is 7.54. The largest absolute Gasteiger partial charge is 0.454 e. The number of H-pyrrole nitrogens is 1. The van der Waals surface area contributed by atoms with Gasteiger partial charge in [0.15, 0.2) is 6.10 Å². The van der Waals surface area contributed by atoms with Crippen LogP contribution in [0.15, 0.2) is 42.9 Å². The van der Waals surface area contributed by atoms with E-state index in [9.17, 15) is 9.59 Å². The molecule has 1 aromatic carbocycles. The SMILES string of the molecule is C[C@H](OC(=O)CCc1cnn(C)c1)C(=O)c1c[nH]c2ccccc12. The molecule has 0 radical (unpaired) electrons. The van der Waals surface area contributed by atoms with Crippen molar-refractivity contribution in [3.63, 3.8) is 0 Å². The van der Waals surface area contributed by atoms with E-state index in [-0.39, 0.29) is 18.2 Å². The molecule has 2 heterocycles. The number of hydrogen-bond acceptors (Lipinski definition) is 4. The number of fused-ring (bicyclic) bond motifs is 1. The molecule has 1 atom stereocenters. The molecule has 0 saturated heterocycles. The highest BCUT2D eigenvalue weighted by Gasteiger charge is 2.22. The molecule has 3 rings (SSSR count). The fourth-order valence-electron chi connectivity index (χ4n) is 2.65. The van der Waals surface area contributed by atoms with Crippen LogP contribution in [-0.4, -0.2) is 32.6 Å². The molecular weight excluding hydrogens is 306 g/mol. The van der Waals surface area contributed by atoms with Crippen LogP contribution < -0.4 is 0 Å². The zero-order valence-corrected chi connectivity index (χ0v) is 13.7. The smallest absolute Gasteiger partial charge is 0.306 e. The molecule has 0 amide bonds. The summed E-state index contributed by atoms with van der Waals surface area (Å²) in [6.45, 7) is 1.60. The van der Waals surface area contributed by atoms with Crippen molar-refractivity contribution in [2.75, 3.05) is 0 Å². The van der Waals surface area contributed by atoms with Gasteiger partial charge in [-0.05, 0) is 25.0 Å². The summed E-state index contributed by atoms with van der Waals surface area (Å²) in [6.07, 6.45) is 5.18. The van der Waals surface area contributed by atoms with E-state index in [1.165, 1.54) is 0 Å². The first kappa shape index (κ1) is 16.0. The van der Waals surface area contributed by atoms with Crippen LogP contribution in [0.5, 0.6) is 0 Å². The molecule has 6 nitrogen and oxygen atoms in total. The number of nitrogens with zero attached hydrogens (tertiary/aromatic N) is 2. The van der Waals surface area contributed by atoms with Gasteiger partial charge in [0.05, 0.1) is 6.20 Å². The number of Topliss-reactive ketones (excluding diaryl/α,β-unsaturated/α-hetero) is 1. The van der Waals surface area contributed by atoms with Gasteiger partial charge in [-0.1, -0.05) is 18.2 Å². The topological polar surface area (TPSA) is 77.0 Å². The van der Waals surface area contributed by atoms with E-state index in [4.69, 9.17) is 4.74 Å². The van der Waals surface area contributed by atoms with Crippen LogP contribution >= 0.6 is 0 Å². The maximum absolute atomic E-state index is 12.5. The highest BCUT2D eigenvalue weighted by Crippen LogP contribution is 2.20. The number of benzene rings is 1. The first-order valence-corrected chi connectivity index (χ1v) is 7.82. The van der Waals surface area contributed by atoms with Crippen molar-refractivity contribution in [2.45, 2.75) is 25.9 Å². The van der Waals surface area contributed by atoms with Crippen LogP contribution in [0, 0.1) is 0 Å². The highest BCUT2D eigenvalue weighted by atomic mass is 16.5. The lowest BCUT2D eigenvalue weighted by Gasteiger charge is -2.11. The third-order valence-corrected chi connectivity index (χ3v) is 3.91. The molecule has 0 saturated carbocycles. The monoisotopic (exact) mass is 325 g/mol. The van der Waals surface area contributed by atoms with E-state index >= 15 is 0 Å². The van der Waals surface area contributed by atoms with Crippen LogP contribution in [0.3, 0.4) is 0 Å². The number of carbonyl (C=O) groups excluding carboxylic acids is 2. The molecule has 24 heavy (non-hydrogen) atoms. The van der Waals surface area contributed by atoms with Gasteiger partial charge in [-0.3, -0.25) is 14.3 Å². The van der Waals surface area contributed by atoms with Crippen molar-refractivity contribution in [1.82, 2.24) is 14.8 Å². The standard InChI is InChI=1S/C18H19N3O3/c1-12(24-17(22)8-7-13-9-20-21(2)11-13)18(23)15-10-19-16-6-4-3-5-14(15)16/h3-6,9-12,19H,7-8H2,1-2H3/t12-/m0/s1. The molecule has 6 heteroatoms. The number of rotatable bonds is 6. The molecule has 0 aliphatic heterocycles. The van der Waals surface area contributed by atoms with Gasteiger partial charge in [-0.2, -0.15) is 5.10 Å². The van der Waals surface area contributed by atoms with E-state index in [2.05, 4.69) is 10.1 Å². The van der Waals surface area contributed by atoms with E-state index in [1.807, 2.05) is 37.5 Å². The Labute approximate surface area is 139 Å². The van der Waals surface area contributed by atoms with Crippen LogP contribution in [0.1, 0.15) is 29.3 Å². The summed E-state index contributed by atoms with van der Waals surface area (Å²) in [4.78, 5) is 27.5. The molecule has 0 fully saturated rings. The summed E-state index contributed by atoms with van der Waals surface area (Å²) in [5, 5.41) is 4.89. The van der Waals surface area contributed by atoms with E-state index in [0.29, 0.717) is 12.0 Å². The zero-order valence-electron chi connectivity index (χ0n) is 13.7. The molecule has 0 aliphatic carbocycles. The minimum Gasteiger partial charge on any atom is -0.454 e. The van der Waals surface area contributed by atoms with Crippen LogP contribution in [0.25, 0.3) is 10.9 Å². The van der Waals surface area contributed by atoms with Crippen molar-refractivity contribution in [3.8, 4) is 0 Å². The van der Waals surface area contributed by atoms with Crippen LogP contribution in [-0.2, 0) is 23.0 Å². The van der Waals surface area contributed by atoms with Gasteiger partial charge in [-0.25, -0.2) is 0 Å². The number of ketones is 1. The Bertz CT molecular complexity index is 878. The lowest BCUT2D eigenvalue weighted by Crippen LogP contribution is -2.24. The predicted octanol–water partition coefficient (Wildman–Crippen LogP) is 2.65. The molecule has 0 spiro atoms. The quantitative estimate of drug-likeness (QED) is 0.558. The second-order valence-electron chi connectivity index (χ2n) is 5.77. The molecule has 1 N–H and O–H groups in total. The number of nitrogens with one attached hydrogen (secondary N) is 1. The Hall–Kier alpha value is -2.89. The maximum atomic E-state index is 12.5. The van der Waals surface area contributed by atoms with Crippen molar-refractivity contribution in [3.05, 3.63) is 54.0 Å². The molecule has 0 bridgehead atoms. The van der Waals surface area contributed by atoms with Gasteiger partial charge in [0, 0.05) is 42.3 Å². The molecule has 2 aromatic heterocycles. The van der Waals surface area contributed by atoms with Gasteiger partial charge < -0.3 is 9.72 Å². The predicted molar refractivity (Wildman–Crippen MR) is 89.7 cm³/mol. The number of esters is 1. The Kier molecular flexibility index (Phi) is 4.46. The summed E-state index contributed by atoms with van der Waals surface area (Å²) in [5.41, 5.74) is 2.39. The lowest BCUT2D eigenvalue weighted by atomic mass is 10.1. The van der Waals surface area contributed by atoms with Crippen LogP contribution in [0.2, 0.25) is 0 Å². The summed E-state index contributed by atoms with van der Waals surface area (Å²) in [7, 11) is 1.82. The maximum Gasteiger partial charge on any atom is 0.306 e. The lowest BCUT2D eigenvalue weighted by molar-refractivity contribution is -0.146. The van der Waals surface area contributed by atoms with Crippen molar-refractivity contribution >= 4 is 22.7 Å². The fraction of sp³-hybridized carbons (Fsp3) is 0.278.